The van der Waals surface area contributed by atoms with E-state index in [2.05, 4.69) is 39.0 Å². The van der Waals surface area contributed by atoms with Gasteiger partial charge in [0.1, 0.15) is 0 Å². The first-order chi connectivity index (χ1) is 17.5. The van der Waals surface area contributed by atoms with Crippen molar-refractivity contribution in [2.75, 3.05) is 0 Å². The molecule has 0 spiro atoms. The van der Waals surface area contributed by atoms with Crippen molar-refractivity contribution in [3.05, 3.63) is 75.9 Å². The molecule has 4 bridgehead atoms. The lowest BCUT2D eigenvalue weighted by Crippen LogP contribution is -2.55. The summed E-state index contributed by atoms with van der Waals surface area (Å²) >= 11 is 3.60. The molecule has 4 saturated carbocycles. The van der Waals surface area contributed by atoms with Crippen LogP contribution in [0.3, 0.4) is 0 Å². The quantitative estimate of drug-likeness (QED) is 0.433. The monoisotopic (exact) mass is 537 g/mol. The summed E-state index contributed by atoms with van der Waals surface area (Å²) in [6.07, 6.45) is 10.8. The van der Waals surface area contributed by atoms with Gasteiger partial charge in [0.25, 0.3) is 0 Å². The lowest BCUT2D eigenvalue weighted by molar-refractivity contribution is -0.148. The van der Waals surface area contributed by atoms with E-state index in [-0.39, 0.29) is 11.2 Å². The summed E-state index contributed by atoms with van der Waals surface area (Å²) in [6.45, 7) is 0. The van der Waals surface area contributed by atoms with Crippen LogP contribution >= 0.6 is 15.9 Å². The van der Waals surface area contributed by atoms with E-state index in [1.165, 1.54) is 19.3 Å². The number of hydrogen-bond acceptors (Lipinski definition) is 4. The predicted octanol–water partition coefficient (Wildman–Crippen LogP) is 6.76. The molecule has 0 N–H and O–H groups in total. The molecular formula is C31H28BrN3O. The highest BCUT2D eigenvalue weighted by Crippen LogP contribution is 2.65. The second-order valence-electron chi connectivity index (χ2n) is 11.9. The van der Waals surface area contributed by atoms with E-state index in [1.54, 1.807) is 0 Å². The number of Topliss-reactive ketones (excluding diaryl/α,β-unsaturated/α-hetero) is 1. The number of rotatable bonds is 3. The fourth-order valence-electron chi connectivity index (χ4n) is 9.09. The van der Waals surface area contributed by atoms with Gasteiger partial charge in [-0.1, -0.05) is 52.3 Å². The maximum absolute atomic E-state index is 14.9. The summed E-state index contributed by atoms with van der Waals surface area (Å²) < 4.78 is 0.895. The first-order valence-corrected chi connectivity index (χ1v) is 13.9. The van der Waals surface area contributed by atoms with Gasteiger partial charge in [-0.3, -0.25) is 4.79 Å². The average molecular weight is 538 g/mol. The number of nitrogens with zero attached hydrogens (tertiary/aromatic N) is 3. The number of fused-ring (bicyclic) bond motifs is 3. The molecule has 180 valence electrons. The lowest BCUT2D eigenvalue weighted by atomic mass is 9.47. The predicted molar refractivity (Wildman–Crippen MR) is 140 cm³/mol. The second kappa shape index (κ2) is 7.80. The van der Waals surface area contributed by atoms with Crippen molar-refractivity contribution >= 4 is 27.8 Å². The zero-order valence-electron chi connectivity index (χ0n) is 20.1. The summed E-state index contributed by atoms with van der Waals surface area (Å²) in [5.74, 6) is 1.68. The van der Waals surface area contributed by atoms with Crippen LogP contribution in [-0.2, 0) is 4.79 Å². The van der Waals surface area contributed by atoms with Gasteiger partial charge >= 0.3 is 0 Å². The molecule has 2 aromatic rings. The Bertz CT molecular complexity index is 1330. The molecule has 5 fully saturated rings. The Kier molecular flexibility index (Phi) is 4.84. The van der Waals surface area contributed by atoms with Crippen molar-refractivity contribution in [3.63, 3.8) is 0 Å². The van der Waals surface area contributed by atoms with Gasteiger partial charge in [-0.25, -0.2) is 0 Å². The Morgan fingerprint density at radius 1 is 0.944 bits per heavy atom. The standard InChI is InChI=1S/C31H28BrN3O/c32-24-6-3-5-23(13-24)26-27(29(36)30-14-19-10-20(15-30)12-21(11-19)16-30)35-9-8-22-4-1-2-7-25(22)28(35)31(26,17-33)18-34/h1-9,13,19-21,26-28H,10-12,14-16H2/t19?,20?,21?,26-,27+,28-,30?/m0/s1. The Morgan fingerprint density at radius 2 is 1.61 bits per heavy atom. The maximum Gasteiger partial charge on any atom is 0.177 e. The van der Waals surface area contributed by atoms with E-state index < -0.39 is 23.4 Å². The van der Waals surface area contributed by atoms with Gasteiger partial charge in [-0.15, -0.1) is 0 Å². The van der Waals surface area contributed by atoms with Gasteiger partial charge in [0.05, 0.1) is 24.2 Å². The highest BCUT2D eigenvalue weighted by atomic mass is 79.9. The second-order valence-corrected chi connectivity index (χ2v) is 12.8. The minimum atomic E-state index is -1.38. The molecule has 8 rings (SSSR count). The summed E-state index contributed by atoms with van der Waals surface area (Å²) in [5.41, 5.74) is 1.16. The first kappa shape index (κ1) is 22.3. The molecule has 4 nitrogen and oxygen atoms in total. The highest BCUT2D eigenvalue weighted by molar-refractivity contribution is 9.10. The van der Waals surface area contributed by atoms with E-state index in [0.29, 0.717) is 17.8 Å². The van der Waals surface area contributed by atoms with Gasteiger partial charge < -0.3 is 4.90 Å². The molecule has 3 atom stereocenters. The molecule has 2 aliphatic heterocycles. The van der Waals surface area contributed by atoms with Crippen LogP contribution < -0.4 is 0 Å². The summed E-state index contributed by atoms with van der Waals surface area (Å²) in [5, 5.41) is 21.5. The Morgan fingerprint density at radius 3 is 2.25 bits per heavy atom. The molecule has 5 heteroatoms. The zero-order valence-corrected chi connectivity index (χ0v) is 21.7. The molecule has 2 aromatic carbocycles. The minimum absolute atomic E-state index is 0.271. The number of ketones is 1. The molecule has 0 radical (unpaired) electrons. The zero-order chi connectivity index (χ0) is 24.7. The molecule has 4 aliphatic carbocycles. The molecule has 36 heavy (non-hydrogen) atoms. The fourth-order valence-corrected chi connectivity index (χ4v) is 9.51. The van der Waals surface area contributed by atoms with E-state index in [4.69, 9.17) is 0 Å². The van der Waals surface area contributed by atoms with Crippen molar-refractivity contribution in [3.8, 4) is 12.1 Å². The van der Waals surface area contributed by atoms with Crippen LogP contribution in [0, 0.1) is 51.2 Å². The maximum atomic E-state index is 14.9. The van der Waals surface area contributed by atoms with E-state index in [1.807, 2.05) is 54.7 Å². The van der Waals surface area contributed by atoms with Crippen molar-refractivity contribution in [2.24, 2.45) is 28.6 Å². The summed E-state index contributed by atoms with van der Waals surface area (Å²) in [7, 11) is 0. The molecule has 0 amide bonds. The van der Waals surface area contributed by atoms with Crippen LogP contribution in [0.1, 0.15) is 67.2 Å². The number of nitriles is 2. The first-order valence-electron chi connectivity index (χ1n) is 13.1. The molecule has 0 unspecified atom stereocenters. The fraction of sp³-hybridized carbons (Fsp3) is 0.452. The highest BCUT2D eigenvalue weighted by Gasteiger charge is 2.67. The van der Waals surface area contributed by atoms with Crippen LogP contribution in [0.4, 0.5) is 0 Å². The number of halogens is 1. The summed E-state index contributed by atoms with van der Waals surface area (Å²) in [4.78, 5) is 17.0. The van der Waals surface area contributed by atoms with Gasteiger partial charge in [0, 0.05) is 22.0 Å². The van der Waals surface area contributed by atoms with Gasteiger partial charge in [-0.05, 0) is 91.2 Å². The third-order valence-electron chi connectivity index (χ3n) is 9.98. The Labute approximate surface area is 220 Å². The van der Waals surface area contributed by atoms with Crippen molar-refractivity contribution in [1.82, 2.24) is 4.90 Å². The number of hydrogen-bond donors (Lipinski definition) is 0. The van der Waals surface area contributed by atoms with Crippen LogP contribution in [0.25, 0.3) is 6.08 Å². The molecule has 6 aliphatic rings. The third kappa shape index (κ3) is 2.93. The third-order valence-corrected chi connectivity index (χ3v) is 10.5. The Balaban J connectivity index is 1.44. The number of carbonyl (C=O) groups excluding carboxylic acids is 1. The minimum Gasteiger partial charge on any atom is -0.357 e. The van der Waals surface area contributed by atoms with E-state index in [0.717, 1.165) is 40.4 Å². The normalized spacial score (nSPS) is 36.6. The lowest BCUT2D eigenvalue weighted by Gasteiger charge is -2.57. The van der Waals surface area contributed by atoms with Crippen LogP contribution in [0.2, 0.25) is 0 Å². The smallest absolute Gasteiger partial charge is 0.177 e. The average Bonchev–Trinajstić information content (AvgIpc) is 3.18. The van der Waals surface area contributed by atoms with E-state index >= 15 is 0 Å². The molecular weight excluding hydrogens is 510 g/mol. The largest absolute Gasteiger partial charge is 0.357 e. The number of benzene rings is 2. The van der Waals surface area contributed by atoms with E-state index in [9.17, 15) is 15.3 Å². The van der Waals surface area contributed by atoms with Crippen LogP contribution in [-0.4, -0.2) is 16.7 Å². The van der Waals surface area contributed by atoms with Crippen molar-refractivity contribution < 1.29 is 4.79 Å². The topological polar surface area (TPSA) is 67.9 Å². The number of carbonyl (C=O) groups is 1. The van der Waals surface area contributed by atoms with Crippen molar-refractivity contribution in [2.45, 2.75) is 56.5 Å². The Hall–Kier alpha value is -2.89. The van der Waals surface area contributed by atoms with Crippen LogP contribution in [0.5, 0.6) is 0 Å². The van der Waals surface area contributed by atoms with Gasteiger partial charge in [0.2, 0.25) is 0 Å². The van der Waals surface area contributed by atoms with Gasteiger partial charge in [-0.2, -0.15) is 10.5 Å². The van der Waals surface area contributed by atoms with Crippen LogP contribution in [0.15, 0.2) is 59.2 Å². The van der Waals surface area contributed by atoms with Gasteiger partial charge in [0.15, 0.2) is 11.2 Å². The van der Waals surface area contributed by atoms with Crippen molar-refractivity contribution in [1.29, 1.82) is 10.5 Å². The molecule has 2 heterocycles. The molecule has 0 aromatic heterocycles. The summed E-state index contributed by atoms with van der Waals surface area (Å²) in [6, 6.07) is 19.9. The SMILES string of the molecule is N#CC1(C#N)[C@@H]2c3ccccc3C=CN2[C@@H](C(=O)C23CC4CC(CC(C4)C2)C3)[C@@H]1c1cccc(Br)c1. The molecule has 1 saturated heterocycles.